The van der Waals surface area contributed by atoms with E-state index in [-0.39, 0.29) is 11.8 Å². The second-order valence-corrected chi connectivity index (χ2v) is 5.19. The van der Waals surface area contributed by atoms with Crippen LogP contribution in [0.25, 0.3) is 0 Å². The minimum Gasteiger partial charge on any atom is -0.339 e. The number of likely N-dealkylation sites (tertiary alicyclic amines) is 1. The van der Waals surface area contributed by atoms with Gasteiger partial charge < -0.3 is 14.7 Å². The predicted molar refractivity (Wildman–Crippen MR) is 69.1 cm³/mol. The minimum atomic E-state index is 0.110. The summed E-state index contributed by atoms with van der Waals surface area (Å²) in [6.07, 6.45) is 3.16. The van der Waals surface area contributed by atoms with Gasteiger partial charge in [-0.15, -0.1) is 0 Å². The second kappa shape index (κ2) is 6.18. The first-order chi connectivity index (χ1) is 8.66. The molecule has 2 saturated heterocycles. The average molecular weight is 253 g/mol. The number of piperazine rings is 1. The van der Waals surface area contributed by atoms with Gasteiger partial charge in [0, 0.05) is 46.1 Å². The van der Waals surface area contributed by atoms with Crippen molar-refractivity contribution in [3.05, 3.63) is 0 Å². The van der Waals surface area contributed by atoms with Crippen LogP contribution in [0.5, 0.6) is 0 Å². The molecule has 2 rings (SSSR count). The smallest absolute Gasteiger partial charge is 0.223 e. The molecule has 2 aliphatic rings. The summed E-state index contributed by atoms with van der Waals surface area (Å²) < 4.78 is 0. The van der Waals surface area contributed by atoms with Crippen LogP contribution in [-0.4, -0.2) is 72.3 Å². The van der Waals surface area contributed by atoms with Crippen LogP contribution in [0.15, 0.2) is 0 Å². The van der Waals surface area contributed by atoms with E-state index < -0.39 is 0 Å². The lowest BCUT2D eigenvalue weighted by atomic mass is 10.2. The highest BCUT2D eigenvalue weighted by Crippen LogP contribution is 2.09. The van der Waals surface area contributed by atoms with Gasteiger partial charge in [0.1, 0.15) is 0 Å². The van der Waals surface area contributed by atoms with Gasteiger partial charge in [0.2, 0.25) is 11.8 Å². The van der Waals surface area contributed by atoms with Gasteiger partial charge in [-0.25, -0.2) is 0 Å². The Bertz CT molecular complexity index is 305. The molecule has 18 heavy (non-hydrogen) atoms. The zero-order valence-corrected chi connectivity index (χ0v) is 11.2. The molecule has 2 aliphatic heterocycles. The van der Waals surface area contributed by atoms with E-state index in [4.69, 9.17) is 0 Å². The van der Waals surface area contributed by atoms with Gasteiger partial charge in [-0.1, -0.05) is 0 Å². The first kappa shape index (κ1) is 13.3. The van der Waals surface area contributed by atoms with E-state index in [2.05, 4.69) is 4.90 Å². The maximum Gasteiger partial charge on any atom is 0.223 e. The van der Waals surface area contributed by atoms with Crippen LogP contribution < -0.4 is 0 Å². The van der Waals surface area contributed by atoms with Crippen LogP contribution in [0.1, 0.15) is 26.2 Å². The van der Waals surface area contributed by atoms with Gasteiger partial charge in [-0.05, 0) is 25.9 Å². The summed E-state index contributed by atoms with van der Waals surface area (Å²) in [5.74, 6) is 0.351. The van der Waals surface area contributed by atoms with Crippen LogP contribution >= 0.6 is 0 Å². The van der Waals surface area contributed by atoms with Crippen molar-refractivity contribution in [1.82, 2.24) is 14.7 Å². The molecule has 5 nitrogen and oxygen atoms in total. The Morgan fingerprint density at radius 1 is 0.889 bits per heavy atom. The highest BCUT2D eigenvalue weighted by atomic mass is 16.2. The third-order valence-corrected chi connectivity index (χ3v) is 3.92. The predicted octanol–water partition coefficient (Wildman–Crippen LogP) is 0.163. The Balaban J connectivity index is 1.68. The molecule has 0 N–H and O–H groups in total. The molecule has 5 heteroatoms. The molecule has 0 aromatic heterocycles. The van der Waals surface area contributed by atoms with Gasteiger partial charge in [0.25, 0.3) is 0 Å². The first-order valence-corrected chi connectivity index (χ1v) is 6.92. The Morgan fingerprint density at radius 2 is 1.44 bits per heavy atom. The zero-order chi connectivity index (χ0) is 13.0. The van der Waals surface area contributed by atoms with Crippen molar-refractivity contribution in [2.24, 2.45) is 0 Å². The fraction of sp³-hybridized carbons (Fsp3) is 0.846. The molecule has 0 bridgehead atoms. The number of rotatable bonds is 3. The van der Waals surface area contributed by atoms with Crippen molar-refractivity contribution in [3.63, 3.8) is 0 Å². The highest BCUT2D eigenvalue weighted by Gasteiger charge is 2.22. The van der Waals surface area contributed by atoms with E-state index in [1.54, 1.807) is 6.92 Å². The maximum atomic E-state index is 12.0. The topological polar surface area (TPSA) is 43.9 Å². The summed E-state index contributed by atoms with van der Waals surface area (Å²) in [5.41, 5.74) is 0. The third kappa shape index (κ3) is 3.45. The van der Waals surface area contributed by atoms with E-state index >= 15 is 0 Å². The lowest BCUT2D eigenvalue weighted by molar-refractivity contribution is -0.138. The number of nitrogens with zero attached hydrogens (tertiary/aromatic N) is 3. The Hall–Kier alpha value is -1.10. The van der Waals surface area contributed by atoms with Crippen molar-refractivity contribution in [1.29, 1.82) is 0 Å². The molecule has 0 aromatic rings. The Kier molecular flexibility index (Phi) is 4.58. The fourth-order valence-corrected chi connectivity index (χ4v) is 2.69. The van der Waals surface area contributed by atoms with Gasteiger partial charge in [-0.3, -0.25) is 9.59 Å². The summed E-state index contributed by atoms with van der Waals surface area (Å²) in [6.45, 7) is 7.53. The standard InChI is InChI=1S/C13H23N3O2/c1-12(17)15-8-10-16(11-9-15)13(18)4-7-14-5-2-3-6-14/h2-11H2,1H3. The number of carbonyl (C=O) groups is 2. The lowest BCUT2D eigenvalue weighted by Crippen LogP contribution is -2.50. The van der Waals surface area contributed by atoms with Crippen molar-refractivity contribution in [2.75, 3.05) is 45.8 Å². The molecule has 0 atom stereocenters. The molecule has 0 aromatic carbocycles. The van der Waals surface area contributed by atoms with E-state index in [1.807, 2.05) is 9.80 Å². The van der Waals surface area contributed by atoms with Crippen LogP contribution in [-0.2, 0) is 9.59 Å². The van der Waals surface area contributed by atoms with Crippen LogP contribution in [0.3, 0.4) is 0 Å². The molecule has 102 valence electrons. The van der Waals surface area contributed by atoms with E-state index in [1.165, 1.54) is 12.8 Å². The molecular weight excluding hydrogens is 230 g/mol. The summed E-state index contributed by atoms with van der Waals surface area (Å²) >= 11 is 0. The Labute approximate surface area is 109 Å². The van der Waals surface area contributed by atoms with Crippen LogP contribution in [0, 0.1) is 0 Å². The molecule has 0 saturated carbocycles. The monoisotopic (exact) mass is 253 g/mol. The summed E-state index contributed by atoms with van der Waals surface area (Å²) in [6, 6.07) is 0. The third-order valence-electron chi connectivity index (χ3n) is 3.92. The number of carbonyl (C=O) groups excluding carboxylic acids is 2. The quantitative estimate of drug-likeness (QED) is 0.720. The minimum absolute atomic E-state index is 0.110. The summed E-state index contributed by atoms with van der Waals surface area (Å²) in [5, 5.41) is 0. The molecule has 0 aliphatic carbocycles. The molecular formula is C13H23N3O2. The second-order valence-electron chi connectivity index (χ2n) is 5.19. The van der Waals surface area contributed by atoms with E-state index in [9.17, 15) is 9.59 Å². The van der Waals surface area contributed by atoms with Gasteiger partial charge in [0.05, 0.1) is 0 Å². The normalized spacial score (nSPS) is 21.4. The molecule has 0 spiro atoms. The van der Waals surface area contributed by atoms with Crippen molar-refractivity contribution in [2.45, 2.75) is 26.2 Å². The maximum absolute atomic E-state index is 12.0. The summed E-state index contributed by atoms with van der Waals surface area (Å²) in [4.78, 5) is 29.3. The lowest BCUT2D eigenvalue weighted by Gasteiger charge is -2.34. The number of amides is 2. The number of hydrogen-bond donors (Lipinski definition) is 0. The molecule has 2 fully saturated rings. The Morgan fingerprint density at radius 3 is 2.00 bits per heavy atom. The van der Waals surface area contributed by atoms with Gasteiger partial charge in [-0.2, -0.15) is 0 Å². The van der Waals surface area contributed by atoms with Crippen LogP contribution in [0.2, 0.25) is 0 Å². The molecule has 2 heterocycles. The van der Waals surface area contributed by atoms with Crippen LogP contribution in [0.4, 0.5) is 0 Å². The van der Waals surface area contributed by atoms with Crippen molar-refractivity contribution >= 4 is 11.8 Å². The van der Waals surface area contributed by atoms with Gasteiger partial charge >= 0.3 is 0 Å². The largest absolute Gasteiger partial charge is 0.339 e. The van der Waals surface area contributed by atoms with Gasteiger partial charge in [0.15, 0.2) is 0 Å². The summed E-state index contributed by atoms with van der Waals surface area (Å²) in [7, 11) is 0. The SMILES string of the molecule is CC(=O)N1CCN(C(=O)CCN2CCCC2)CC1. The van der Waals surface area contributed by atoms with E-state index in [0.29, 0.717) is 32.6 Å². The van der Waals surface area contributed by atoms with E-state index in [0.717, 1.165) is 19.6 Å². The average Bonchev–Trinajstić information content (AvgIpc) is 2.89. The molecule has 0 radical (unpaired) electrons. The highest BCUT2D eigenvalue weighted by molar-refractivity contribution is 5.77. The van der Waals surface area contributed by atoms with Crippen molar-refractivity contribution < 1.29 is 9.59 Å². The molecule has 2 amide bonds. The first-order valence-electron chi connectivity index (χ1n) is 6.92. The van der Waals surface area contributed by atoms with Crippen molar-refractivity contribution in [3.8, 4) is 0 Å². The molecule has 0 unspecified atom stereocenters. The fourth-order valence-electron chi connectivity index (χ4n) is 2.69. The number of hydrogen-bond acceptors (Lipinski definition) is 3. The zero-order valence-electron chi connectivity index (χ0n) is 11.2.